The van der Waals surface area contributed by atoms with Crippen molar-refractivity contribution in [2.45, 2.75) is 0 Å². The number of halogens is 1. The molecule has 0 aromatic heterocycles. The van der Waals surface area contributed by atoms with E-state index in [0.29, 0.717) is 5.92 Å². The van der Waals surface area contributed by atoms with Gasteiger partial charge in [-0.25, -0.2) is 0 Å². The largest absolute Gasteiger partial charge is 0.496 e. The molecule has 2 N–H and O–H groups in total. The highest BCUT2D eigenvalue weighted by Crippen LogP contribution is 2.09. The first-order chi connectivity index (χ1) is 6.36. The molecule has 0 saturated heterocycles. The molecule has 0 aromatic rings. The molecule has 1 rings (SSSR count). The lowest BCUT2D eigenvalue weighted by Crippen LogP contribution is -2.19. The van der Waals surface area contributed by atoms with Gasteiger partial charge in [-0.2, -0.15) is 0 Å². The Morgan fingerprint density at radius 2 is 2.54 bits per heavy atom. The summed E-state index contributed by atoms with van der Waals surface area (Å²) in [4.78, 5) is 0. The van der Waals surface area contributed by atoms with E-state index in [2.05, 4.69) is 43.9 Å². The molecule has 3 nitrogen and oxygen atoms in total. The zero-order valence-electron chi connectivity index (χ0n) is 7.72. The maximum Gasteiger partial charge on any atom is 0.110 e. The highest BCUT2D eigenvalue weighted by atomic mass is 127. The monoisotopic (exact) mass is 294 g/mol. The van der Waals surface area contributed by atoms with Gasteiger partial charge in [-0.3, -0.25) is 3.53 Å². The van der Waals surface area contributed by atoms with Crippen molar-refractivity contribution in [1.82, 2.24) is 8.85 Å². The first kappa shape index (κ1) is 11.0. The minimum Gasteiger partial charge on any atom is -0.496 e. The van der Waals surface area contributed by atoms with Gasteiger partial charge in [0.2, 0.25) is 0 Å². The van der Waals surface area contributed by atoms with E-state index in [0.717, 1.165) is 25.5 Å². The molecule has 0 bridgehead atoms. The van der Waals surface area contributed by atoms with Crippen LogP contribution in [0.15, 0.2) is 24.0 Å². The highest BCUT2D eigenvalue weighted by Gasteiger charge is 2.08. The summed E-state index contributed by atoms with van der Waals surface area (Å²) in [5.41, 5.74) is 0. The fourth-order valence-corrected chi connectivity index (χ4v) is 1.71. The number of likely N-dealkylation sites (N-methyl/N-ethyl adjacent to an activating group) is 1. The van der Waals surface area contributed by atoms with Crippen molar-refractivity contribution in [2.75, 3.05) is 26.7 Å². The molecular formula is C9H15IN2O. The minimum atomic E-state index is 0.475. The number of hydrogen-bond donors (Lipinski definition) is 2. The van der Waals surface area contributed by atoms with Crippen LogP contribution in [0.25, 0.3) is 0 Å². The zero-order valence-corrected chi connectivity index (χ0v) is 9.87. The predicted octanol–water partition coefficient (Wildman–Crippen LogP) is 1.23. The van der Waals surface area contributed by atoms with Gasteiger partial charge in [0.05, 0.1) is 13.2 Å². The van der Waals surface area contributed by atoms with Crippen LogP contribution in [0.1, 0.15) is 0 Å². The maximum atomic E-state index is 5.60. The Bertz CT molecular complexity index is 204. The van der Waals surface area contributed by atoms with Gasteiger partial charge >= 0.3 is 0 Å². The molecule has 4 heteroatoms. The lowest BCUT2D eigenvalue weighted by molar-refractivity contribution is 0.182. The number of allylic oxidation sites excluding steroid dienone is 2. The van der Waals surface area contributed by atoms with Crippen LogP contribution in [0.3, 0.4) is 0 Å². The molecule has 0 fully saturated rings. The number of ether oxygens (including phenoxy) is 1. The molecule has 0 aromatic carbocycles. The van der Waals surface area contributed by atoms with Crippen LogP contribution in [0.5, 0.6) is 0 Å². The van der Waals surface area contributed by atoms with Crippen LogP contribution in [-0.2, 0) is 4.74 Å². The molecule has 1 heterocycles. The molecule has 0 spiro atoms. The van der Waals surface area contributed by atoms with Crippen molar-refractivity contribution in [3.05, 3.63) is 24.0 Å². The van der Waals surface area contributed by atoms with E-state index in [1.54, 1.807) is 0 Å². The molecule has 1 atom stereocenters. The quantitative estimate of drug-likeness (QED) is 0.604. The molecule has 1 aliphatic rings. The SMILES string of the molecule is CNCC1=CC=CC(CNI)CO1. The standard InChI is InChI=1S/C9H15IN2O/c1-11-6-9-4-2-3-8(5-12-10)7-13-9/h2-4,8,11-12H,5-7H2,1H3. The average molecular weight is 294 g/mol. The summed E-state index contributed by atoms with van der Waals surface area (Å²) in [5, 5.41) is 3.07. The first-order valence-electron chi connectivity index (χ1n) is 4.35. The predicted molar refractivity (Wildman–Crippen MR) is 62.6 cm³/mol. The Morgan fingerprint density at radius 1 is 1.69 bits per heavy atom. The van der Waals surface area contributed by atoms with E-state index in [9.17, 15) is 0 Å². The first-order valence-corrected chi connectivity index (χ1v) is 5.43. The molecular weight excluding hydrogens is 279 g/mol. The second-order valence-electron chi connectivity index (χ2n) is 2.96. The van der Waals surface area contributed by atoms with Crippen LogP contribution < -0.4 is 8.85 Å². The van der Waals surface area contributed by atoms with Crippen molar-refractivity contribution < 1.29 is 4.74 Å². The lowest BCUT2D eigenvalue weighted by Gasteiger charge is -2.12. The Kier molecular flexibility index (Phi) is 5.41. The second-order valence-corrected chi connectivity index (χ2v) is 3.72. The fraction of sp³-hybridized carbons (Fsp3) is 0.556. The summed E-state index contributed by atoms with van der Waals surface area (Å²) in [7, 11) is 1.92. The summed E-state index contributed by atoms with van der Waals surface area (Å²) in [5.74, 6) is 1.48. The molecule has 0 aliphatic carbocycles. The van der Waals surface area contributed by atoms with Crippen LogP contribution >= 0.6 is 22.9 Å². The normalized spacial score (nSPS) is 22.0. The lowest BCUT2D eigenvalue weighted by atomic mass is 10.1. The van der Waals surface area contributed by atoms with Crippen LogP contribution in [0.2, 0.25) is 0 Å². The maximum absolute atomic E-state index is 5.60. The molecule has 1 aliphatic heterocycles. The van der Waals surface area contributed by atoms with E-state index in [1.165, 1.54) is 0 Å². The van der Waals surface area contributed by atoms with Crippen LogP contribution in [0.4, 0.5) is 0 Å². The van der Waals surface area contributed by atoms with Gasteiger partial charge in [-0.1, -0.05) is 12.2 Å². The van der Waals surface area contributed by atoms with Gasteiger partial charge in [0, 0.05) is 35.3 Å². The van der Waals surface area contributed by atoms with Gasteiger partial charge in [0.1, 0.15) is 5.76 Å². The van der Waals surface area contributed by atoms with E-state index in [-0.39, 0.29) is 0 Å². The van der Waals surface area contributed by atoms with Gasteiger partial charge in [-0.15, -0.1) is 0 Å². The third kappa shape index (κ3) is 4.10. The van der Waals surface area contributed by atoms with Crippen molar-refractivity contribution in [2.24, 2.45) is 5.92 Å². The topological polar surface area (TPSA) is 33.3 Å². The fourth-order valence-electron chi connectivity index (χ4n) is 1.15. The number of hydrogen-bond acceptors (Lipinski definition) is 3. The molecule has 74 valence electrons. The van der Waals surface area contributed by atoms with Crippen molar-refractivity contribution in [3.8, 4) is 0 Å². The zero-order chi connectivity index (χ0) is 9.52. The third-order valence-electron chi connectivity index (χ3n) is 1.84. The van der Waals surface area contributed by atoms with Gasteiger partial charge < -0.3 is 10.1 Å². The summed E-state index contributed by atoms with van der Waals surface area (Å²) in [6.45, 7) is 2.52. The van der Waals surface area contributed by atoms with Crippen molar-refractivity contribution in [3.63, 3.8) is 0 Å². The third-order valence-corrected chi connectivity index (χ3v) is 2.28. The van der Waals surface area contributed by atoms with E-state index in [4.69, 9.17) is 4.74 Å². The molecule has 0 radical (unpaired) electrons. The average Bonchev–Trinajstić information content (AvgIpc) is 2.33. The molecule has 0 saturated carbocycles. The van der Waals surface area contributed by atoms with Crippen molar-refractivity contribution >= 4 is 22.9 Å². The summed E-state index contributed by atoms with van der Waals surface area (Å²) >= 11 is 2.16. The Morgan fingerprint density at radius 3 is 3.23 bits per heavy atom. The number of nitrogens with one attached hydrogen (secondary N) is 2. The van der Waals surface area contributed by atoms with E-state index in [1.807, 2.05) is 13.1 Å². The van der Waals surface area contributed by atoms with Gasteiger partial charge in [0.15, 0.2) is 0 Å². The van der Waals surface area contributed by atoms with Crippen molar-refractivity contribution in [1.29, 1.82) is 0 Å². The summed E-state index contributed by atoms with van der Waals surface area (Å²) in [6, 6.07) is 0. The smallest absolute Gasteiger partial charge is 0.110 e. The van der Waals surface area contributed by atoms with E-state index < -0.39 is 0 Å². The second kappa shape index (κ2) is 6.39. The van der Waals surface area contributed by atoms with Crippen LogP contribution in [-0.4, -0.2) is 26.7 Å². The van der Waals surface area contributed by atoms with Gasteiger partial charge in [0.25, 0.3) is 0 Å². The summed E-state index contributed by atoms with van der Waals surface area (Å²) < 4.78 is 8.71. The number of rotatable bonds is 4. The minimum absolute atomic E-state index is 0.475. The molecule has 0 amide bonds. The van der Waals surface area contributed by atoms with Crippen LogP contribution in [0, 0.1) is 5.92 Å². The van der Waals surface area contributed by atoms with E-state index >= 15 is 0 Å². The Hall–Kier alpha value is -0.0700. The Balaban J connectivity index is 2.38. The Labute approximate surface area is 93.1 Å². The molecule has 13 heavy (non-hydrogen) atoms. The highest BCUT2D eigenvalue weighted by molar-refractivity contribution is 14.1. The van der Waals surface area contributed by atoms with Gasteiger partial charge in [-0.05, 0) is 13.1 Å². The summed E-state index contributed by atoms with van der Waals surface area (Å²) in [6.07, 6.45) is 6.26. The molecule has 1 unspecified atom stereocenters.